The summed E-state index contributed by atoms with van der Waals surface area (Å²) in [6.07, 6.45) is 3.47. The van der Waals surface area contributed by atoms with Crippen molar-refractivity contribution in [2.75, 3.05) is 11.9 Å². The van der Waals surface area contributed by atoms with Crippen molar-refractivity contribution in [3.05, 3.63) is 28.3 Å². The molecule has 0 radical (unpaired) electrons. The lowest BCUT2D eigenvalue weighted by Gasteiger charge is -2.28. The summed E-state index contributed by atoms with van der Waals surface area (Å²) in [6.45, 7) is 6.83. The van der Waals surface area contributed by atoms with Gasteiger partial charge in [0.25, 0.3) is 5.69 Å². The highest BCUT2D eigenvalue weighted by Crippen LogP contribution is 2.39. The lowest BCUT2D eigenvalue weighted by atomic mass is 9.87. The van der Waals surface area contributed by atoms with Gasteiger partial charge in [0.05, 0.1) is 17.6 Å². The molecule has 1 fully saturated rings. The fourth-order valence-electron chi connectivity index (χ4n) is 2.82. The summed E-state index contributed by atoms with van der Waals surface area (Å²) in [4.78, 5) is 10.6. The van der Waals surface area contributed by atoms with E-state index < -0.39 is 0 Å². The second kappa shape index (κ2) is 5.69. The van der Waals surface area contributed by atoms with Gasteiger partial charge in [-0.3, -0.25) is 10.1 Å². The lowest BCUT2D eigenvalue weighted by Crippen LogP contribution is -2.30. The molecule has 0 saturated heterocycles. The summed E-state index contributed by atoms with van der Waals surface area (Å²) in [5.74, 6) is 0.542. The number of ether oxygens (including phenoxy) is 1. The molecule has 110 valence electrons. The number of anilines is 1. The summed E-state index contributed by atoms with van der Waals surface area (Å²) in [5.41, 5.74) is 1.05. The maximum absolute atomic E-state index is 11.0. The van der Waals surface area contributed by atoms with E-state index >= 15 is 0 Å². The van der Waals surface area contributed by atoms with Crippen LogP contribution in [0.15, 0.2) is 18.2 Å². The summed E-state index contributed by atoms with van der Waals surface area (Å²) >= 11 is 0. The van der Waals surface area contributed by atoms with Crippen LogP contribution in [0.4, 0.5) is 11.4 Å². The van der Waals surface area contributed by atoms with E-state index in [-0.39, 0.29) is 16.0 Å². The van der Waals surface area contributed by atoms with Gasteiger partial charge in [-0.25, -0.2) is 0 Å². The van der Waals surface area contributed by atoms with E-state index in [4.69, 9.17) is 4.74 Å². The molecule has 1 N–H and O–H groups in total. The zero-order valence-electron chi connectivity index (χ0n) is 12.3. The maximum atomic E-state index is 11.0. The monoisotopic (exact) mass is 278 g/mol. The molecule has 0 spiro atoms. The number of nitrogens with zero attached hydrogens (tertiary/aromatic N) is 1. The maximum Gasteiger partial charge on any atom is 0.275 e. The van der Waals surface area contributed by atoms with E-state index in [2.05, 4.69) is 19.2 Å². The smallest absolute Gasteiger partial charge is 0.275 e. The van der Waals surface area contributed by atoms with Crippen molar-refractivity contribution in [2.24, 2.45) is 5.41 Å². The Morgan fingerprint density at radius 2 is 2.20 bits per heavy atom. The Morgan fingerprint density at radius 3 is 2.75 bits per heavy atom. The van der Waals surface area contributed by atoms with Gasteiger partial charge in [0, 0.05) is 23.9 Å². The average Bonchev–Trinajstić information content (AvgIpc) is 2.69. The van der Waals surface area contributed by atoms with Crippen LogP contribution in [0.1, 0.15) is 40.0 Å². The minimum atomic E-state index is -0.381. The lowest BCUT2D eigenvalue weighted by molar-refractivity contribution is -0.384. The Hall–Kier alpha value is -1.78. The highest BCUT2D eigenvalue weighted by atomic mass is 16.6. The van der Waals surface area contributed by atoms with Crippen LogP contribution in [0, 0.1) is 15.5 Å². The van der Waals surface area contributed by atoms with Gasteiger partial charge in [-0.05, 0) is 25.2 Å². The molecule has 5 heteroatoms. The molecule has 0 aliphatic heterocycles. The first-order valence-electron chi connectivity index (χ1n) is 7.11. The normalized spacial score (nSPS) is 20.6. The van der Waals surface area contributed by atoms with Gasteiger partial charge in [0.1, 0.15) is 5.75 Å². The van der Waals surface area contributed by atoms with Crippen LogP contribution >= 0.6 is 0 Å². The van der Waals surface area contributed by atoms with Crippen molar-refractivity contribution in [1.29, 1.82) is 0 Å². The predicted octanol–water partition coefficient (Wildman–Crippen LogP) is 3.98. The van der Waals surface area contributed by atoms with Gasteiger partial charge in [-0.15, -0.1) is 0 Å². The highest BCUT2D eigenvalue weighted by molar-refractivity contribution is 5.57. The summed E-state index contributed by atoms with van der Waals surface area (Å²) in [5, 5.41) is 14.4. The fraction of sp³-hybridized carbons (Fsp3) is 0.600. The highest BCUT2D eigenvalue weighted by Gasteiger charge is 2.34. The van der Waals surface area contributed by atoms with Crippen LogP contribution in [-0.4, -0.2) is 17.6 Å². The van der Waals surface area contributed by atoms with Crippen molar-refractivity contribution < 1.29 is 9.66 Å². The van der Waals surface area contributed by atoms with Crippen molar-refractivity contribution in [1.82, 2.24) is 0 Å². The largest absolute Gasteiger partial charge is 0.494 e. The number of hydrogen-bond donors (Lipinski definition) is 1. The molecule has 1 atom stereocenters. The number of nitrogens with one attached hydrogen (secondary N) is 1. The fourth-order valence-corrected chi connectivity index (χ4v) is 2.82. The van der Waals surface area contributed by atoms with Crippen molar-refractivity contribution in [2.45, 2.75) is 46.1 Å². The van der Waals surface area contributed by atoms with Gasteiger partial charge in [-0.1, -0.05) is 20.3 Å². The van der Waals surface area contributed by atoms with Crippen molar-refractivity contribution in [3.63, 3.8) is 0 Å². The molecule has 5 nitrogen and oxygen atoms in total. The van der Waals surface area contributed by atoms with Crippen LogP contribution in [0.2, 0.25) is 0 Å². The van der Waals surface area contributed by atoms with Gasteiger partial charge >= 0.3 is 0 Å². The first-order chi connectivity index (χ1) is 9.42. The third-order valence-electron chi connectivity index (χ3n) is 4.01. The number of rotatable bonds is 5. The molecule has 1 aliphatic rings. The van der Waals surface area contributed by atoms with Gasteiger partial charge in [-0.2, -0.15) is 0 Å². The van der Waals surface area contributed by atoms with Gasteiger partial charge in [0.15, 0.2) is 0 Å². The van der Waals surface area contributed by atoms with Crippen LogP contribution < -0.4 is 10.1 Å². The van der Waals surface area contributed by atoms with E-state index in [9.17, 15) is 10.1 Å². The molecule has 1 saturated carbocycles. The topological polar surface area (TPSA) is 64.4 Å². The second-order valence-corrected chi connectivity index (χ2v) is 5.98. The molecule has 0 heterocycles. The molecule has 1 aromatic rings. The summed E-state index contributed by atoms with van der Waals surface area (Å²) in [6, 6.07) is 5.23. The quantitative estimate of drug-likeness (QED) is 0.653. The molecule has 1 aromatic carbocycles. The van der Waals surface area contributed by atoms with Crippen molar-refractivity contribution in [3.8, 4) is 5.75 Å². The molecule has 0 amide bonds. The van der Waals surface area contributed by atoms with Gasteiger partial charge in [0.2, 0.25) is 0 Å². The number of hydrogen-bond acceptors (Lipinski definition) is 4. The average molecular weight is 278 g/mol. The first kappa shape index (κ1) is 14.6. The van der Waals surface area contributed by atoms with Crippen molar-refractivity contribution >= 4 is 11.4 Å². The van der Waals surface area contributed by atoms with Crippen LogP contribution in [0.5, 0.6) is 5.75 Å². The minimum absolute atomic E-state index is 0.0641. The van der Waals surface area contributed by atoms with E-state index in [0.29, 0.717) is 18.4 Å². The van der Waals surface area contributed by atoms with E-state index in [1.807, 2.05) is 13.0 Å². The second-order valence-electron chi connectivity index (χ2n) is 5.98. The molecule has 0 bridgehead atoms. The molecule has 2 rings (SSSR count). The summed E-state index contributed by atoms with van der Waals surface area (Å²) < 4.78 is 5.41. The van der Waals surface area contributed by atoms with E-state index in [1.165, 1.54) is 18.9 Å². The molecule has 20 heavy (non-hydrogen) atoms. The number of benzene rings is 1. The third-order valence-corrected chi connectivity index (χ3v) is 4.01. The van der Waals surface area contributed by atoms with Crippen LogP contribution in [0.3, 0.4) is 0 Å². The SMILES string of the molecule is CCOc1cc(NC2CCCC2(C)C)cc([N+](=O)[O-])c1. The molecule has 1 aliphatic carbocycles. The standard InChI is InChI=1S/C15H22N2O3/c1-4-20-13-9-11(8-12(10-13)17(18)19)16-14-6-5-7-15(14,2)3/h8-10,14,16H,4-7H2,1-3H3. The Morgan fingerprint density at radius 1 is 1.45 bits per heavy atom. The van der Waals surface area contributed by atoms with E-state index in [0.717, 1.165) is 12.1 Å². The number of nitro groups is 1. The molecular formula is C15H22N2O3. The van der Waals surface area contributed by atoms with Gasteiger partial charge < -0.3 is 10.1 Å². The Kier molecular flexibility index (Phi) is 4.16. The van der Waals surface area contributed by atoms with Crippen LogP contribution in [0.25, 0.3) is 0 Å². The number of nitro benzene ring substituents is 1. The molecule has 1 unspecified atom stereocenters. The molecule has 0 aromatic heterocycles. The molecular weight excluding hydrogens is 256 g/mol. The Balaban J connectivity index is 2.24. The predicted molar refractivity (Wildman–Crippen MR) is 79.3 cm³/mol. The zero-order chi connectivity index (χ0) is 14.8. The zero-order valence-corrected chi connectivity index (χ0v) is 12.3. The third kappa shape index (κ3) is 3.21. The number of non-ortho nitro benzene ring substituents is 1. The summed E-state index contributed by atoms with van der Waals surface area (Å²) in [7, 11) is 0. The minimum Gasteiger partial charge on any atom is -0.494 e. The van der Waals surface area contributed by atoms with Crippen LogP contribution in [-0.2, 0) is 0 Å². The van der Waals surface area contributed by atoms with E-state index in [1.54, 1.807) is 6.07 Å². The Bertz CT molecular complexity index is 500. The Labute approximate surface area is 119 Å². The first-order valence-corrected chi connectivity index (χ1v) is 7.11.